The van der Waals surface area contributed by atoms with Crippen LogP contribution in [0.1, 0.15) is 25.8 Å². The molecule has 5 nitrogen and oxygen atoms in total. The number of urea groups is 1. The van der Waals surface area contributed by atoms with Crippen LogP contribution in [0.25, 0.3) is 0 Å². The third-order valence-electron chi connectivity index (χ3n) is 3.28. The number of rotatable bonds is 6. The summed E-state index contributed by atoms with van der Waals surface area (Å²) >= 11 is 3.46. The number of hydrogen-bond donors (Lipinski definition) is 1. The number of aliphatic carboxylic acids is 1. The highest BCUT2D eigenvalue weighted by Gasteiger charge is 2.23. The Bertz CT molecular complexity index is 507. The molecule has 0 aromatic heterocycles. The van der Waals surface area contributed by atoms with Crippen molar-refractivity contribution in [1.29, 1.82) is 0 Å². The number of halogens is 1. The van der Waals surface area contributed by atoms with Crippen LogP contribution in [0.5, 0.6) is 0 Å². The Hall–Kier alpha value is -1.56. The molecule has 1 atom stereocenters. The van der Waals surface area contributed by atoms with Crippen molar-refractivity contribution >= 4 is 27.9 Å². The molecule has 1 unspecified atom stereocenters. The van der Waals surface area contributed by atoms with Crippen LogP contribution in [0.4, 0.5) is 4.79 Å². The third-order valence-corrected chi connectivity index (χ3v) is 4.05. The molecule has 0 aliphatic carbocycles. The van der Waals surface area contributed by atoms with Gasteiger partial charge in [-0.2, -0.15) is 0 Å². The van der Waals surface area contributed by atoms with E-state index < -0.39 is 5.97 Å². The average molecular weight is 357 g/mol. The fourth-order valence-electron chi connectivity index (χ4n) is 2.17. The zero-order valence-electron chi connectivity index (χ0n) is 12.5. The SMILES string of the molecule is CCN(C(=O)N(C)Cc1ccccc1Br)C(C)CC(=O)O. The minimum Gasteiger partial charge on any atom is -0.481 e. The Morgan fingerprint density at radius 1 is 1.33 bits per heavy atom. The number of carbonyl (C=O) groups excluding carboxylic acids is 1. The number of amides is 2. The van der Waals surface area contributed by atoms with Crippen molar-refractivity contribution < 1.29 is 14.7 Å². The minimum atomic E-state index is -0.901. The topological polar surface area (TPSA) is 60.9 Å². The van der Waals surface area contributed by atoms with Gasteiger partial charge in [0, 0.05) is 30.7 Å². The van der Waals surface area contributed by atoms with Gasteiger partial charge >= 0.3 is 12.0 Å². The zero-order chi connectivity index (χ0) is 16.0. The van der Waals surface area contributed by atoms with Gasteiger partial charge in [0.25, 0.3) is 0 Å². The Morgan fingerprint density at radius 2 is 1.95 bits per heavy atom. The van der Waals surface area contributed by atoms with Crippen LogP contribution in [-0.4, -0.2) is 46.5 Å². The molecule has 0 bridgehead atoms. The number of carbonyl (C=O) groups is 2. The molecule has 1 aromatic carbocycles. The quantitative estimate of drug-likeness (QED) is 0.851. The van der Waals surface area contributed by atoms with Crippen molar-refractivity contribution in [3.8, 4) is 0 Å². The van der Waals surface area contributed by atoms with Crippen molar-refractivity contribution in [3.63, 3.8) is 0 Å². The monoisotopic (exact) mass is 356 g/mol. The van der Waals surface area contributed by atoms with Gasteiger partial charge in [-0.1, -0.05) is 34.1 Å². The predicted molar refractivity (Wildman–Crippen MR) is 85.1 cm³/mol. The molecule has 1 aromatic rings. The highest BCUT2D eigenvalue weighted by atomic mass is 79.9. The third kappa shape index (κ3) is 5.04. The minimum absolute atomic E-state index is 0.0531. The highest BCUT2D eigenvalue weighted by molar-refractivity contribution is 9.10. The lowest BCUT2D eigenvalue weighted by molar-refractivity contribution is -0.138. The first-order chi connectivity index (χ1) is 9.86. The maximum absolute atomic E-state index is 12.5. The second-order valence-corrected chi connectivity index (χ2v) is 5.82. The molecule has 2 amide bonds. The van der Waals surface area contributed by atoms with E-state index in [1.165, 1.54) is 0 Å². The Balaban J connectivity index is 2.75. The van der Waals surface area contributed by atoms with Crippen LogP contribution < -0.4 is 0 Å². The first kappa shape index (κ1) is 17.5. The van der Waals surface area contributed by atoms with E-state index >= 15 is 0 Å². The largest absolute Gasteiger partial charge is 0.481 e. The standard InChI is InChI=1S/C15H21BrN2O3/c1-4-18(11(2)9-14(19)20)15(21)17(3)10-12-7-5-6-8-13(12)16/h5-8,11H,4,9-10H2,1-3H3,(H,19,20). The summed E-state index contributed by atoms with van der Waals surface area (Å²) in [5, 5.41) is 8.86. The van der Waals surface area contributed by atoms with E-state index in [0.29, 0.717) is 13.1 Å². The van der Waals surface area contributed by atoms with E-state index in [1.54, 1.807) is 23.8 Å². The first-order valence-corrected chi connectivity index (χ1v) is 7.63. The highest BCUT2D eigenvalue weighted by Crippen LogP contribution is 2.18. The summed E-state index contributed by atoms with van der Waals surface area (Å²) in [5.74, 6) is -0.901. The molecular formula is C15H21BrN2O3. The number of nitrogens with zero attached hydrogens (tertiary/aromatic N) is 2. The summed E-state index contributed by atoms with van der Waals surface area (Å²) in [6.07, 6.45) is -0.0531. The first-order valence-electron chi connectivity index (χ1n) is 6.83. The lowest BCUT2D eigenvalue weighted by Crippen LogP contribution is -2.46. The van der Waals surface area contributed by atoms with Crippen LogP contribution in [0.3, 0.4) is 0 Å². The molecule has 0 aliphatic heterocycles. The molecule has 0 heterocycles. The van der Waals surface area contributed by atoms with E-state index in [9.17, 15) is 9.59 Å². The van der Waals surface area contributed by atoms with Gasteiger partial charge in [0.1, 0.15) is 0 Å². The molecule has 6 heteroatoms. The summed E-state index contributed by atoms with van der Waals surface area (Å²) in [4.78, 5) is 26.4. The maximum Gasteiger partial charge on any atom is 0.320 e. The summed E-state index contributed by atoms with van der Waals surface area (Å²) in [5.41, 5.74) is 1.01. The second-order valence-electron chi connectivity index (χ2n) is 4.96. The van der Waals surface area contributed by atoms with E-state index in [1.807, 2.05) is 31.2 Å². The molecule has 0 fully saturated rings. The lowest BCUT2D eigenvalue weighted by Gasteiger charge is -2.31. The van der Waals surface area contributed by atoms with Gasteiger partial charge in [-0.05, 0) is 25.5 Å². The summed E-state index contributed by atoms with van der Waals surface area (Å²) in [7, 11) is 1.72. The van der Waals surface area contributed by atoms with Crippen LogP contribution in [-0.2, 0) is 11.3 Å². The van der Waals surface area contributed by atoms with Gasteiger partial charge in [0.2, 0.25) is 0 Å². The van der Waals surface area contributed by atoms with Crippen molar-refractivity contribution in [3.05, 3.63) is 34.3 Å². The predicted octanol–water partition coefficient (Wildman–Crippen LogP) is 3.19. The van der Waals surface area contributed by atoms with Crippen LogP contribution >= 0.6 is 15.9 Å². The molecule has 116 valence electrons. The van der Waals surface area contributed by atoms with Crippen molar-refractivity contribution in [1.82, 2.24) is 9.80 Å². The van der Waals surface area contributed by atoms with E-state index in [4.69, 9.17) is 5.11 Å². The van der Waals surface area contributed by atoms with Crippen LogP contribution in [0.2, 0.25) is 0 Å². The smallest absolute Gasteiger partial charge is 0.320 e. The molecule has 0 radical (unpaired) electrons. The van der Waals surface area contributed by atoms with Gasteiger partial charge in [-0.25, -0.2) is 4.79 Å². The fraction of sp³-hybridized carbons (Fsp3) is 0.467. The van der Waals surface area contributed by atoms with Gasteiger partial charge < -0.3 is 14.9 Å². The van der Waals surface area contributed by atoms with Crippen LogP contribution in [0.15, 0.2) is 28.7 Å². The fourth-order valence-corrected chi connectivity index (χ4v) is 2.58. The van der Waals surface area contributed by atoms with Crippen molar-refractivity contribution in [2.24, 2.45) is 0 Å². The molecule has 1 N–H and O–H groups in total. The Labute approximate surface area is 133 Å². The summed E-state index contributed by atoms with van der Waals surface area (Å²) in [6.45, 7) is 4.55. The number of carboxylic acids is 1. The van der Waals surface area contributed by atoms with E-state index in [0.717, 1.165) is 10.0 Å². The molecule has 0 spiro atoms. The average Bonchev–Trinajstić information content (AvgIpc) is 2.41. The van der Waals surface area contributed by atoms with Gasteiger partial charge in [-0.3, -0.25) is 4.79 Å². The molecule has 0 saturated heterocycles. The Kier molecular flexibility index (Phi) is 6.68. The van der Waals surface area contributed by atoms with E-state index in [-0.39, 0.29) is 18.5 Å². The van der Waals surface area contributed by atoms with Gasteiger partial charge in [-0.15, -0.1) is 0 Å². The van der Waals surface area contributed by atoms with Crippen molar-refractivity contribution in [2.75, 3.05) is 13.6 Å². The van der Waals surface area contributed by atoms with Gasteiger partial charge in [0.15, 0.2) is 0 Å². The molecule has 1 rings (SSSR count). The molecule has 21 heavy (non-hydrogen) atoms. The zero-order valence-corrected chi connectivity index (χ0v) is 14.1. The number of hydrogen-bond acceptors (Lipinski definition) is 2. The van der Waals surface area contributed by atoms with E-state index in [2.05, 4.69) is 15.9 Å². The summed E-state index contributed by atoms with van der Waals surface area (Å²) in [6, 6.07) is 7.22. The van der Waals surface area contributed by atoms with Gasteiger partial charge in [0.05, 0.1) is 6.42 Å². The Morgan fingerprint density at radius 3 is 2.48 bits per heavy atom. The maximum atomic E-state index is 12.5. The molecule has 0 aliphatic rings. The normalized spacial score (nSPS) is 11.8. The lowest BCUT2D eigenvalue weighted by atomic mass is 10.2. The number of carboxylic acid groups (broad SMARTS) is 1. The molecular weight excluding hydrogens is 336 g/mol. The number of benzene rings is 1. The second kappa shape index (κ2) is 8.02. The molecule has 0 saturated carbocycles. The van der Waals surface area contributed by atoms with Crippen LogP contribution in [0, 0.1) is 0 Å². The van der Waals surface area contributed by atoms with Crippen molar-refractivity contribution in [2.45, 2.75) is 32.9 Å². The summed E-state index contributed by atoms with van der Waals surface area (Å²) < 4.78 is 0.950.